The summed E-state index contributed by atoms with van der Waals surface area (Å²) >= 11 is 0. The highest BCUT2D eigenvalue weighted by Crippen LogP contribution is 2.27. The van der Waals surface area contributed by atoms with Gasteiger partial charge < -0.3 is 4.74 Å². The van der Waals surface area contributed by atoms with Crippen molar-refractivity contribution in [3.05, 3.63) is 29.8 Å². The number of hydrogen-bond donors (Lipinski definition) is 0. The zero-order valence-electron chi connectivity index (χ0n) is 15.7. The van der Waals surface area contributed by atoms with Crippen LogP contribution in [0.15, 0.2) is 29.2 Å². The third-order valence-corrected chi connectivity index (χ3v) is 7.40. The second-order valence-electron chi connectivity index (χ2n) is 7.46. The van der Waals surface area contributed by atoms with Crippen molar-refractivity contribution in [2.45, 2.75) is 62.9 Å². The number of esters is 1. The molecule has 0 bridgehead atoms. The highest BCUT2D eigenvalue weighted by molar-refractivity contribution is 7.89. The lowest BCUT2D eigenvalue weighted by molar-refractivity contribution is -0.156. The van der Waals surface area contributed by atoms with E-state index in [4.69, 9.17) is 4.74 Å². The van der Waals surface area contributed by atoms with Crippen molar-refractivity contribution in [2.24, 2.45) is 5.92 Å². The predicted octanol–water partition coefficient (Wildman–Crippen LogP) is 3.17. The molecule has 1 aliphatic heterocycles. The van der Waals surface area contributed by atoms with Crippen molar-refractivity contribution < 1.29 is 22.7 Å². The van der Waals surface area contributed by atoms with Gasteiger partial charge in [0.2, 0.25) is 10.0 Å². The predicted molar refractivity (Wildman–Crippen MR) is 101 cm³/mol. The van der Waals surface area contributed by atoms with E-state index in [0.717, 1.165) is 25.7 Å². The number of benzene rings is 1. The molecule has 1 saturated heterocycles. The van der Waals surface area contributed by atoms with E-state index < -0.39 is 10.0 Å². The number of sulfonamides is 1. The monoisotopic (exact) mass is 393 g/mol. The van der Waals surface area contributed by atoms with Crippen LogP contribution < -0.4 is 0 Å². The highest BCUT2D eigenvalue weighted by atomic mass is 32.2. The van der Waals surface area contributed by atoms with Crippen LogP contribution in [0.5, 0.6) is 0 Å². The summed E-state index contributed by atoms with van der Waals surface area (Å²) in [5.41, 5.74) is 0.377. The molecule has 1 heterocycles. The van der Waals surface area contributed by atoms with Crippen molar-refractivity contribution >= 4 is 21.8 Å². The summed E-state index contributed by atoms with van der Waals surface area (Å²) in [5.74, 6) is -0.587. The summed E-state index contributed by atoms with van der Waals surface area (Å²) in [6.45, 7) is 1.99. The summed E-state index contributed by atoms with van der Waals surface area (Å²) in [6.07, 6.45) is 6.25. The molecule has 0 radical (unpaired) electrons. The van der Waals surface area contributed by atoms with E-state index in [1.54, 1.807) is 12.1 Å². The topological polar surface area (TPSA) is 80.8 Å². The number of hydrogen-bond acceptors (Lipinski definition) is 5. The van der Waals surface area contributed by atoms with Crippen LogP contribution >= 0.6 is 0 Å². The van der Waals surface area contributed by atoms with Gasteiger partial charge in [0.05, 0.1) is 10.8 Å². The summed E-state index contributed by atoms with van der Waals surface area (Å²) in [7, 11) is -3.67. The van der Waals surface area contributed by atoms with E-state index >= 15 is 0 Å². The highest BCUT2D eigenvalue weighted by Gasteiger charge is 2.34. The summed E-state index contributed by atoms with van der Waals surface area (Å²) < 4.78 is 32.7. The molecule has 3 rings (SSSR count). The van der Waals surface area contributed by atoms with E-state index in [2.05, 4.69) is 0 Å². The molecule has 1 aromatic carbocycles. The summed E-state index contributed by atoms with van der Waals surface area (Å²) in [6, 6.07) is 6.11. The molecule has 0 aromatic heterocycles. The molecule has 2 aliphatic rings. The Morgan fingerprint density at radius 3 is 2.33 bits per heavy atom. The van der Waals surface area contributed by atoms with Crippen LogP contribution in [0, 0.1) is 5.92 Å². The lowest BCUT2D eigenvalue weighted by Crippen LogP contribution is -2.41. The first-order chi connectivity index (χ1) is 12.9. The van der Waals surface area contributed by atoms with E-state index in [1.807, 2.05) is 0 Å². The lowest BCUT2D eigenvalue weighted by Gasteiger charge is -2.31. The fourth-order valence-corrected chi connectivity index (χ4v) is 5.32. The fourth-order valence-electron chi connectivity index (χ4n) is 3.80. The molecule has 1 aliphatic carbocycles. The third kappa shape index (κ3) is 4.76. The maximum atomic E-state index is 12.9. The molecule has 0 amide bonds. The number of rotatable bonds is 5. The van der Waals surface area contributed by atoms with Crippen LogP contribution in [0.1, 0.15) is 62.2 Å². The molecule has 0 unspecified atom stereocenters. The van der Waals surface area contributed by atoms with Crippen molar-refractivity contribution in [1.29, 1.82) is 0 Å². The van der Waals surface area contributed by atoms with Crippen LogP contribution in [0.4, 0.5) is 0 Å². The number of piperidine rings is 1. The fraction of sp³-hybridized carbons (Fsp3) is 0.600. The third-order valence-electron chi connectivity index (χ3n) is 5.50. The minimum absolute atomic E-state index is 0.0299. The van der Waals surface area contributed by atoms with Crippen LogP contribution in [-0.4, -0.2) is 43.7 Å². The van der Waals surface area contributed by atoms with Crippen molar-refractivity contribution in [2.75, 3.05) is 13.1 Å². The molecule has 27 heavy (non-hydrogen) atoms. The Morgan fingerprint density at radius 2 is 1.70 bits per heavy atom. The Morgan fingerprint density at radius 1 is 1.04 bits per heavy atom. The summed E-state index contributed by atoms with van der Waals surface area (Å²) in [4.78, 5) is 24.0. The number of carbonyl (C=O) groups is 2. The zero-order valence-corrected chi connectivity index (χ0v) is 16.5. The van der Waals surface area contributed by atoms with Crippen molar-refractivity contribution in [3.63, 3.8) is 0 Å². The van der Waals surface area contributed by atoms with Gasteiger partial charge in [-0.05, 0) is 57.6 Å². The smallest absolute Gasteiger partial charge is 0.309 e. The molecule has 0 N–H and O–H groups in total. The summed E-state index contributed by atoms with van der Waals surface area (Å²) in [5, 5.41) is 0. The van der Waals surface area contributed by atoms with Gasteiger partial charge >= 0.3 is 5.97 Å². The van der Waals surface area contributed by atoms with Crippen molar-refractivity contribution in [1.82, 2.24) is 4.31 Å². The molecule has 1 aromatic rings. The van der Waals surface area contributed by atoms with Gasteiger partial charge in [-0.2, -0.15) is 4.31 Å². The number of carbonyl (C=O) groups excluding carboxylic acids is 2. The first-order valence-electron chi connectivity index (χ1n) is 9.69. The van der Waals surface area contributed by atoms with E-state index in [0.29, 0.717) is 18.4 Å². The second-order valence-corrected chi connectivity index (χ2v) is 9.40. The maximum absolute atomic E-state index is 12.9. The Balaban J connectivity index is 1.60. The van der Waals surface area contributed by atoms with Gasteiger partial charge in [0.1, 0.15) is 6.10 Å². The molecule has 6 nitrogen and oxygen atoms in total. The van der Waals surface area contributed by atoms with Crippen LogP contribution in [0.25, 0.3) is 0 Å². The number of Topliss-reactive ketones (excluding diaryl/α,β-unsaturated/α-hetero) is 1. The normalized spacial score (nSPS) is 20.3. The van der Waals surface area contributed by atoms with Crippen molar-refractivity contribution in [3.8, 4) is 0 Å². The molecule has 0 atom stereocenters. The first-order valence-corrected chi connectivity index (χ1v) is 11.1. The molecule has 1 saturated carbocycles. The maximum Gasteiger partial charge on any atom is 0.309 e. The number of ketones is 1. The minimum atomic E-state index is -3.67. The SMILES string of the molecule is CC(=O)c1cccc(S(=O)(=O)N2CCC(C(=O)OC3CCCCC3)CC2)c1. The standard InChI is InChI=1S/C20H27NO5S/c1-15(22)17-6-5-9-19(14-17)27(24,25)21-12-10-16(11-13-21)20(23)26-18-7-3-2-4-8-18/h5-6,9,14,16,18H,2-4,7-8,10-13H2,1H3. The average molecular weight is 394 g/mol. The Kier molecular flexibility index (Phi) is 6.32. The number of ether oxygens (including phenoxy) is 1. The van der Waals surface area contributed by atoms with Gasteiger partial charge in [-0.15, -0.1) is 0 Å². The van der Waals surface area contributed by atoms with E-state index in [9.17, 15) is 18.0 Å². The van der Waals surface area contributed by atoms with Gasteiger partial charge in [-0.25, -0.2) is 8.42 Å². The van der Waals surface area contributed by atoms with Gasteiger partial charge in [0, 0.05) is 18.7 Å². The van der Waals surface area contributed by atoms with E-state index in [1.165, 1.54) is 29.8 Å². The molecular weight excluding hydrogens is 366 g/mol. The quantitative estimate of drug-likeness (QED) is 0.567. The minimum Gasteiger partial charge on any atom is -0.462 e. The van der Waals surface area contributed by atoms with Gasteiger partial charge in [0.15, 0.2) is 5.78 Å². The largest absolute Gasteiger partial charge is 0.462 e. The van der Waals surface area contributed by atoms with Crippen LogP contribution in [-0.2, 0) is 19.6 Å². The Labute approximate surface area is 160 Å². The molecule has 7 heteroatoms. The van der Waals surface area contributed by atoms with Crippen LogP contribution in [0.3, 0.4) is 0 Å². The second kappa shape index (κ2) is 8.52. The molecule has 0 spiro atoms. The molecule has 2 fully saturated rings. The van der Waals surface area contributed by atoms with E-state index in [-0.39, 0.29) is 41.8 Å². The lowest BCUT2D eigenvalue weighted by atomic mass is 9.96. The first kappa shape index (κ1) is 20.0. The Hall–Kier alpha value is -1.73. The molecule has 148 valence electrons. The Bertz CT molecular complexity index is 790. The zero-order chi connectivity index (χ0) is 19.4. The number of nitrogens with zero attached hydrogens (tertiary/aromatic N) is 1. The van der Waals surface area contributed by atoms with Crippen LogP contribution in [0.2, 0.25) is 0 Å². The molecular formula is C20H27NO5S. The van der Waals surface area contributed by atoms with Gasteiger partial charge in [0.25, 0.3) is 0 Å². The van der Waals surface area contributed by atoms with Gasteiger partial charge in [-0.3, -0.25) is 9.59 Å². The average Bonchev–Trinajstić information content (AvgIpc) is 2.69. The van der Waals surface area contributed by atoms with Gasteiger partial charge in [-0.1, -0.05) is 18.6 Å².